The topological polar surface area (TPSA) is 102 Å². The molecule has 4 rings (SSSR count). The predicted molar refractivity (Wildman–Crippen MR) is 103 cm³/mol. The van der Waals surface area contributed by atoms with E-state index >= 15 is 0 Å². The molecule has 2 aromatic heterocycles. The van der Waals surface area contributed by atoms with Crippen molar-refractivity contribution in [2.24, 2.45) is 7.05 Å². The summed E-state index contributed by atoms with van der Waals surface area (Å²) in [5.74, 6) is -0.406. The molecule has 1 atom stereocenters. The standard InChI is InChI=1S/C20H21N5O4/c1-24-8-14(7-23-24)16-9-25(10-17-18(16)22-11-21-17)19(26)12-4-13(20(27)29-3)6-15(5-12)28-2/h4-8,11,16H,9-10H2,1-3H3,(H,21,22). The number of rotatable bonds is 4. The van der Waals surface area contributed by atoms with E-state index in [1.165, 1.54) is 20.3 Å². The second kappa shape index (κ2) is 7.42. The highest BCUT2D eigenvalue weighted by atomic mass is 16.5. The number of imidazole rings is 1. The Morgan fingerprint density at radius 3 is 2.69 bits per heavy atom. The number of fused-ring (bicyclic) bond motifs is 1. The van der Waals surface area contributed by atoms with Crippen molar-refractivity contribution >= 4 is 11.9 Å². The highest BCUT2D eigenvalue weighted by Gasteiger charge is 2.32. The van der Waals surface area contributed by atoms with Crippen molar-refractivity contribution in [1.82, 2.24) is 24.6 Å². The second-order valence-electron chi connectivity index (χ2n) is 6.89. The molecule has 0 saturated carbocycles. The largest absolute Gasteiger partial charge is 0.497 e. The maximum Gasteiger partial charge on any atom is 0.338 e. The molecule has 29 heavy (non-hydrogen) atoms. The fourth-order valence-electron chi connectivity index (χ4n) is 3.62. The molecule has 1 unspecified atom stereocenters. The summed E-state index contributed by atoms with van der Waals surface area (Å²) in [4.78, 5) is 34.6. The lowest BCUT2D eigenvalue weighted by Crippen LogP contribution is -2.38. The number of hydrogen-bond acceptors (Lipinski definition) is 6. The highest BCUT2D eigenvalue weighted by molar-refractivity contribution is 5.98. The molecule has 1 aliphatic rings. The van der Waals surface area contributed by atoms with Crippen molar-refractivity contribution in [2.75, 3.05) is 20.8 Å². The van der Waals surface area contributed by atoms with Crippen LogP contribution >= 0.6 is 0 Å². The van der Waals surface area contributed by atoms with Gasteiger partial charge in [0.15, 0.2) is 0 Å². The molecule has 9 heteroatoms. The van der Waals surface area contributed by atoms with Crippen molar-refractivity contribution < 1.29 is 19.1 Å². The number of carbonyl (C=O) groups excluding carboxylic acids is 2. The Morgan fingerprint density at radius 1 is 1.21 bits per heavy atom. The van der Waals surface area contributed by atoms with E-state index in [9.17, 15) is 9.59 Å². The Hall–Kier alpha value is -3.62. The molecule has 0 spiro atoms. The van der Waals surface area contributed by atoms with Gasteiger partial charge in [0.2, 0.25) is 0 Å². The van der Waals surface area contributed by atoms with E-state index in [0.717, 1.165) is 17.0 Å². The smallest absolute Gasteiger partial charge is 0.338 e. The van der Waals surface area contributed by atoms with Crippen molar-refractivity contribution in [1.29, 1.82) is 0 Å². The Labute approximate surface area is 167 Å². The van der Waals surface area contributed by atoms with Crippen LogP contribution in [0.5, 0.6) is 5.75 Å². The predicted octanol–water partition coefficient (Wildman–Crippen LogP) is 1.73. The van der Waals surface area contributed by atoms with Gasteiger partial charge in [0.05, 0.1) is 50.2 Å². The van der Waals surface area contributed by atoms with Crippen LogP contribution in [0.1, 0.15) is 43.6 Å². The highest BCUT2D eigenvalue weighted by Crippen LogP contribution is 2.32. The molecule has 0 saturated heterocycles. The fourth-order valence-corrected chi connectivity index (χ4v) is 3.62. The van der Waals surface area contributed by atoms with Gasteiger partial charge in [-0.25, -0.2) is 9.78 Å². The van der Waals surface area contributed by atoms with Gasteiger partial charge in [-0.1, -0.05) is 0 Å². The van der Waals surface area contributed by atoms with Gasteiger partial charge in [-0.3, -0.25) is 9.48 Å². The Balaban J connectivity index is 1.68. The van der Waals surface area contributed by atoms with Gasteiger partial charge in [0.1, 0.15) is 5.75 Å². The lowest BCUT2D eigenvalue weighted by Gasteiger charge is -2.32. The van der Waals surface area contributed by atoms with Crippen molar-refractivity contribution in [3.8, 4) is 5.75 Å². The van der Waals surface area contributed by atoms with Crippen molar-refractivity contribution in [3.63, 3.8) is 0 Å². The van der Waals surface area contributed by atoms with Crippen LogP contribution in [0.15, 0.2) is 36.9 Å². The minimum absolute atomic E-state index is 0.0895. The van der Waals surface area contributed by atoms with Crippen molar-refractivity contribution in [3.05, 3.63) is 65.0 Å². The normalized spacial score (nSPS) is 15.7. The van der Waals surface area contributed by atoms with Gasteiger partial charge < -0.3 is 19.4 Å². The van der Waals surface area contributed by atoms with Crippen LogP contribution in [-0.4, -0.2) is 57.3 Å². The molecule has 0 radical (unpaired) electrons. The number of amides is 1. The summed E-state index contributed by atoms with van der Waals surface area (Å²) in [5.41, 5.74) is 3.41. The molecular weight excluding hydrogens is 374 g/mol. The summed E-state index contributed by atoms with van der Waals surface area (Å²) in [7, 11) is 4.64. The first-order chi connectivity index (χ1) is 14.0. The Morgan fingerprint density at radius 2 is 2.00 bits per heavy atom. The van der Waals surface area contributed by atoms with E-state index < -0.39 is 5.97 Å². The first-order valence-electron chi connectivity index (χ1n) is 9.07. The Kier molecular flexibility index (Phi) is 4.79. The number of nitrogens with zero attached hydrogens (tertiary/aromatic N) is 4. The summed E-state index contributed by atoms with van der Waals surface area (Å²) >= 11 is 0. The van der Waals surface area contributed by atoms with Crippen LogP contribution < -0.4 is 4.74 Å². The monoisotopic (exact) mass is 395 g/mol. The Bertz CT molecular complexity index is 1070. The zero-order valence-corrected chi connectivity index (χ0v) is 16.4. The number of H-pyrrole nitrogens is 1. The number of aromatic nitrogens is 4. The van der Waals surface area contributed by atoms with Gasteiger partial charge in [-0.15, -0.1) is 0 Å². The van der Waals surface area contributed by atoms with Gasteiger partial charge in [-0.05, 0) is 18.2 Å². The van der Waals surface area contributed by atoms with E-state index in [2.05, 4.69) is 15.1 Å². The van der Waals surface area contributed by atoms with Gasteiger partial charge in [0, 0.05) is 36.8 Å². The summed E-state index contributed by atoms with van der Waals surface area (Å²) in [6, 6.07) is 4.69. The average molecular weight is 395 g/mol. The number of hydrogen-bond donors (Lipinski definition) is 1. The van der Waals surface area contributed by atoms with Gasteiger partial charge >= 0.3 is 5.97 Å². The van der Waals surface area contributed by atoms with Crippen LogP contribution in [0.25, 0.3) is 0 Å². The molecule has 0 fully saturated rings. The van der Waals surface area contributed by atoms with E-state index in [4.69, 9.17) is 9.47 Å². The molecule has 3 heterocycles. The number of aromatic amines is 1. The first kappa shape index (κ1) is 18.7. The summed E-state index contributed by atoms with van der Waals surface area (Å²) < 4.78 is 11.8. The van der Waals surface area contributed by atoms with Gasteiger partial charge in [-0.2, -0.15) is 5.10 Å². The molecule has 1 N–H and O–H groups in total. The third-order valence-electron chi connectivity index (χ3n) is 5.06. The molecule has 1 aliphatic heterocycles. The molecule has 150 valence electrons. The minimum atomic E-state index is -0.527. The minimum Gasteiger partial charge on any atom is -0.497 e. The van der Waals surface area contributed by atoms with Crippen LogP contribution in [-0.2, 0) is 18.3 Å². The zero-order valence-electron chi connectivity index (χ0n) is 16.4. The van der Waals surface area contributed by atoms with Crippen LogP contribution in [0, 0.1) is 0 Å². The maximum absolute atomic E-state index is 13.3. The average Bonchev–Trinajstić information content (AvgIpc) is 3.40. The molecule has 3 aromatic rings. The van der Waals surface area contributed by atoms with E-state index in [1.54, 1.807) is 34.2 Å². The molecule has 0 aliphatic carbocycles. The van der Waals surface area contributed by atoms with Crippen LogP contribution in [0.2, 0.25) is 0 Å². The number of methoxy groups -OCH3 is 2. The van der Waals surface area contributed by atoms with Crippen LogP contribution in [0.3, 0.4) is 0 Å². The molecule has 1 aromatic carbocycles. The van der Waals surface area contributed by atoms with Crippen LogP contribution in [0.4, 0.5) is 0 Å². The number of aryl methyl sites for hydroxylation is 1. The third-order valence-corrected chi connectivity index (χ3v) is 5.06. The number of carbonyl (C=O) groups is 2. The fraction of sp³-hybridized carbons (Fsp3) is 0.300. The lowest BCUT2D eigenvalue weighted by molar-refractivity contribution is 0.0600. The quantitative estimate of drug-likeness (QED) is 0.675. The molecule has 1 amide bonds. The number of benzene rings is 1. The van der Waals surface area contributed by atoms with Gasteiger partial charge in [0.25, 0.3) is 5.91 Å². The summed E-state index contributed by atoms with van der Waals surface area (Å²) in [5, 5.41) is 4.25. The SMILES string of the molecule is COC(=O)c1cc(OC)cc(C(=O)N2Cc3[nH]cnc3C(c3cnn(C)c3)C2)c1. The van der Waals surface area contributed by atoms with Crippen molar-refractivity contribution in [2.45, 2.75) is 12.5 Å². The maximum atomic E-state index is 13.3. The second-order valence-corrected chi connectivity index (χ2v) is 6.89. The lowest BCUT2D eigenvalue weighted by atomic mass is 9.92. The summed E-state index contributed by atoms with van der Waals surface area (Å²) in [6.45, 7) is 0.850. The van der Waals surface area contributed by atoms with E-state index in [0.29, 0.717) is 24.4 Å². The molecular formula is C20H21N5O4. The number of esters is 1. The third kappa shape index (κ3) is 3.46. The first-order valence-corrected chi connectivity index (χ1v) is 9.07. The zero-order chi connectivity index (χ0) is 20.5. The molecule has 0 bridgehead atoms. The number of nitrogens with one attached hydrogen (secondary N) is 1. The number of ether oxygens (including phenoxy) is 2. The molecule has 9 nitrogen and oxygen atoms in total. The van der Waals surface area contributed by atoms with E-state index in [1.807, 2.05) is 13.2 Å². The van der Waals surface area contributed by atoms with E-state index in [-0.39, 0.29) is 17.4 Å². The summed E-state index contributed by atoms with van der Waals surface area (Å²) in [6.07, 6.45) is 5.36.